The Balaban J connectivity index is 1.73. The molecule has 110 valence electrons. The molecule has 0 radical (unpaired) electrons. The molecular weight excluding hydrogens is 289 g/mol. The van der Waals surface area contributed by atoms with Gasteiger partial charge in [-0.05, 0) is 30.5 Å². The van der Waals surface area contributed by atoms with Crippen molar-refractivity contribution in [2.24, 2.45) is 5.73 Å². The molecule has 3 N–H and O–H groups in total. The smallest absolute Gasteiger partial charge is 0.246 e. The van der Waals surface area contributed by atoms with Crippen LogP contribution in [0, 0.1) is 5.82 Å². The maximum atomic E-state index is 12.9. The van der Waals surface area contributed by atoms with Gasteiger partial charge in [-0.2, -0.15) is 0 Å². The van der Waals surface area contributed by atoms with Gasteiger partial charge < -0.3 is 11.1 Å². The number of carbonyl (C=O) groups is 1. The zero-order valence-electron chi connectivity index (χ0n) is 11.4. The Bertz CT molecular complexity index is 647. The number of nitrogens with zero attached hydrogens (tertiary/aromatic N) is 1. The number of halogens is 1. The number of hydrogen-bond donors (Lipinski definition) is 2. The van der Waals surface area contributed by atoms with E-state index < -0.39 is 5.54 Å². The first kappa shape index (κ1) is 14.2. The van der Waals surface area contributed by atoms with E-state index in [0.29, 0.717) is 5.13 Å². The average molecular weight is 305 g/mol. The largest absolute Gasteiger partial charge is 0.317 e. The highest BCUT2D eigenvalue weighted by Crippen LogP contribution is 2.32. The molecule has 0 bridgehead atoms. The van der Waals surface area contributed by atoms with Crippen molar-refractivity contribution in [2.45, 2.75) is 31.2 Å². The van der Waals surface area contributed by atoms with E-state index in [0.717, 1.165) is 36.1 Å². The number of rotatable bonds is 3. The molecule has 0 spiro atoms. The third-order valence-corrected chi connectivity index (χ3v) is 4.76. The number of nitrogens with two attached hydrogens (primary N) is 1. The minimum atomic E-state index is -0.762. The standard InChI is InChI=1S/C15H16FN3OS/c16-11-5-3-10(4-6-11)12-9-18-14(21-12)19-13(20)15(17)7-1-2-8-15/h3-6,9H,1-2,7-8,17H2,(H,18,19,20). The first-order valence-electron chi connectivity index (χ1n) is 6.89. The second-order valence-electron chi connectivity index (χ2n) is 5.35. The molecule has 0 saturated heterocycles. The number of benzene rings is 1. The number of amides is 1. The Hall–Kier alpha value is -1.79. The van der Waals surface area contributed by atoms with E-state index >= 15 is 0 Å². The molecule has 1 aromatic heterocycles. The van der Waals surface area contributed by atoms with Crippen LogP contribution in [0.5, 0.6) is 0 Å². The molecular formula is C15H16FN3OS. The van der Waals surface area contributed by atoms with Crippen molar-refractivity contribution in [3.8, 4) is 10.4 Å². The highest BCUT2D eigenvalue weighted by molar-refractivity contribution is 7.19. The minimum absolute atomic E-state index is 0.167. The van der Waals surface area contributed by atoms with Crippen LogP contribution in [0.15, 0.2) is 30.5 Å². The van der Waals surface area contributed by atoms with Gasteiger partial charge in [0.25, 0.3) is 0 Å². The van der Waals surface area contributed by atoms with Gasteiger partial charge in [0, 0.05) is 6.20 Å². The molecule has 4 nitrogen and oxygen atoms in total. The number of thiazole rings is 1. The van der Waals surface area contributed by atoms with Gasteiger partial charge in [-0.3, -0.25) is 4.79 Å². The number of aromatic nitrogens is 1. The summed E-state index contributed by atoms with van der Waals surface area (Å²) in [5.41, 5.74) is 6.22. The zero-order chi connectivity index (χ0) is 14.9. The van der Waals surface area contributed by atoms with E-state index in [-0.39, 0.29) is 11.7 Å². The van der Waals surface area contributed by atoms with Crippen molar-refractivity contribution in [1.29, 1.82) is 0 Å². The van der Waals surface area contributed by atoms with Crippen molar-refractivity contribution in [2.75, 3.05) is 5.32 Å². The lowest BCUT2D eigenvalue weighted by molar-refractivity contribution is -0.121. The van der Waals surface area contributed by atoms with E-state index in [2.05, 4.69) is 10.3 Å². The molecule has 6 heteroatoms. The fourth-order valence-corrected chi connectivity index (χ4v) is 3.35. The second kappa shape index (κ2) is 5.54. The third kappa shape index (κ3) is 2.96. The number of carbonyl (C=O) groups excluding carboxylic acids is 1. The molecule has 1 fully saturated rings. The molecule has 2 aromatic rings. The lowest BCUT2D eigenvalue weighted by atomic mass is 9.98. The van der Waals surface area contributed by atoms with E-state index in [1.165, 1.54) is 23.5 Å². The van der Waals surface area contributed by atoms with Crippen LogP contribution in [0.1, 0.15) is 25.7 Å². The van der Waals surface area contributed by atoms with Gasteiger partial charge in [0.2, 0.25) is 5.91 Å². The summed E-state index contributed by atoms with van der Waals surface area (Å²) in [6, 6.07) is 6.19. The molecule has 1 aliphatic carbocycles. The highest BCUT2D eigenvalue weighted by atomic mass is 32.1. The summed E-state index contributed by atoms with van der Waals surface area (Å²) in [6.07, 6.45) is 5.08. The van der Waals surface area contributed by atoms with Crippen LogP contribution < -0.4 is 11.1 Å². The van der Waals surface area contributed by atoms with Gasteiger partial charge in [-0.1, -0.05) is 36.3 Å². The van der Waals surface area contributed by atoms with Crippen molar-refractivity contribution >= 4 is 22.4 Å². The molecule has 0 atom stereocenters. The summed E-state index contributed by atoms with van der Waals surface area (Å²) >= 11 is 1.36. The van der Waals surface area contributed by atoms with Crippen molar-refractivity contribution < 1.29 is 9.18 Å². The third-order valence-electron chi connectivity index (χ3n) is 3.80. The summed E-state index contributed by atoms with van der Waals surface area (Å²) in [5, 5.41) is 3.32. The van der Waals surface area contributed by atoms with Crippen molar-refractivity contribution in [1.82, 2.24) is 4.98 Å². The van der Waals surface area contributed by atoms with Crippen LogP contribution >= 0.6 is 11.3 Å². The minimum Gasteiger partial charge on any atom is -0.317 e. The summed E-state index contributed by atoms with van der Waals surface area (Å²) < 4.78 is 12.9. The number of hydrogen-bond acceptors (Lipinski definition) is 4. The van der Waals surface area contributed by atoms with Gasteiger partial charge >= 0.3 is 0 Å². The predicted molar refractivity (Wildman–Crippen MR) is 81.5 cm³/mol. The van der Waals surface area contributed by atoms with Gasteiger partial charge in [0.15, 0.2) is 5.13 Å². The maximum Gasteiger partial charge on any atom is 0.246 e. The van der Waals surface area contributed by atoms with Crippen LogP contribution in [0.25, 0.3) is 10.4 Å². The lowest BCUT2D eigenvalue weighted by Gasteiger charge is -2.21. The summed E-state index contributed by atoms with van der Waals surface area (Å²) in [7, 11) is 0. The molecule has 3 rings (SSSR count). The Morgan fingerprint density at radius 3 is 2.62 bits per heavy atom. The molecule has 0 aliphatic heterocycles. The van der Waals surface area contributed by atoms with Gasteiger partial charge in [-0.15, -0.1) is 0 Å². The SMILES string of the molecule is NC1(C(=O)Nc2ncc(-c3ccc(F)cc3)s2)CCCC1. The van der Waals surface area contributed by atoms with E-state index in [9.17, 15) is 9.18 Å². The van der Waals surface area contributed by atoms with Crippen LogP contribution in [-0.2, 0) is 4.79 Å². The first-order chi connectivity index (χ1) is 10.1. The molecule has 1 amide bonds. The summed E-state index contributed by atoms with van der Waals surface area (Å²) in [5.74, 6) is -0.442. The number of nitrogens with one attached hydrogen (secondary N) is 1. The fraction of sp³-hybridized carbons (Fsp3) is 0.333. The van der Waals surface area contributed by atoms with Crippen molar-refractivity contribution in [3.63, 3.8) is 0 Å². The van der Waals surface area contributed by atoms with Crippen LogP contribution in [0.3, 0.4) is 0 Å². The molecule has 21 heavy (non-hydrogen) atoms. The Morgan fingerprint density at radius 2 is 1.95 bits per heavy atom. The van der Waals surface area contributed by atoms with Crippen LogP contribution in [-0.4, -0.2) is 16.4 Å². The van der Waals surface area contributed by atoms with E-state index in [1.54, 1.807) is 18.3 Å². The quantitative estimate of drug-likeness (QED) is 0.915. The highest BCUT2D eigenvalue weighted by Gasteiger charge is 2.37. The average Bonchev–Trinajstić information content (AvgIpc) is 3.10. The Labute approximate surface area is 126 Å². The molecule has 1 saturated carbocycles. The lowest BCUT2D eigenvalue weighted by Crippen LogP contribution is -2.48. The first-order valence-corrected chi connectivity index (χ1v) is 7.71. The predicted octanol–water partition coefficient (Wildman–Crippen LogP) is 3.16. The van der Waals surface area contributed by atoms with Crippen molar-refractivity contribution in [3.05, 3.63) is 36.3 Å². The number of anilines is 1. The monoisotopic (exact) mass is 305 g/mol. The summed E-state index contributed by atoms with van der Waals surface area (Å²) in [4.78, 5) is 17.3. The molecule has 0 unspecified atom stereocenters. The van der Waals surface area contributed by atoms with Gasteiger partial charge in [0.05, 0.1) is 10.4 Å². The topological polar surface area (TPSA) is 68.0 Å². The van der Waals surface area contributed by atoms with Gasteiger partial charge in [-0.25, -0.2) is 9.37 Å². The van der Waals surface area contributed by atoms with Crippen LogP contribution in [0.4, 0.5) is 9.52 Å². The Morgan fingerprint density at radius 1 is 1.29 bits per heavy atom. The fourth-order valence-electron chi connectivity index (χ4n) is 2.53. The maximum absolute atomic E-state index is 12.9. The van der Waals surface area contributed by atoms with E-state index in [1.807, 2.05) is 0 Å². The van der Waals surface area contributed by atoms with Gasteiger partial charge in [0.1, 0.15) is 5.82 Å². The van der Waals surface area contributed by atoms with E-state index in [4.69, 9.17) is 5.73 Å². The molecule has 1 aromatic carbocycles. The summed E-state index contributed by atoms with van der Waals surface area (Å²) in [6.45, 7) is 0. The zero-order valence-corrected chi connectivity index (χ0v) is 12.3. The molecule has 1 aliphatic rings. The second-order valence-corrected chi connectivity index (χ2v) is 6.38. The van der Waals surface area contributed by atoms with Crippen LogP contribution in [0.2, 0.25) is 0 Å². The Kier molecular flexibility index (Phi) is 3.73. The molecule has 1 heterocycles. The normalized spacial score (nSPS) is 16.9.